The summed E-state index contributed by atoms with van der Waals surface area (Å²) in [4.78, 5) is 14.7. The Kier molecular flexibility index (Phi) is 4.58. The van der Waals surface area contributed by atoms with Crippen LogP contribution in [-0.2, 0) is 22.0 Å². The van der Waals surface area contributed by atoms with Crippen molar-refractivity contribution in [2.45, 2.75) is 38.3 Å². The van der Waals surface area contributed by atoms with E-state index < -0.39 is 21.0 Å². The maximum Gasteiger partial charge on any atom is 0.269 e. The number of benzene rings is 1. The minimum absolute atomic E-state index is 0.0242. The molecule has 8 heteroatoms. The Balaban J connectivity index is 2.09. The number of rotatable bonds is 5. The van der Waals surface area contributed by atoms with Crippen LogP contribution >= 0.6 is 0 Å². The van der Waals surface area contributed by atoms with Crippen molar-refractivity contribution in [2.24, 2.45) is 0 Å². The van der Waals surface area contributed by atoms with E-state index >= 15 is 0 Å². The Morgan fingerprint density at radius 1 is 1.27 bits per heavy atom. The first-order valence-corrected chi connectivity index (χ1v) is 10.1. The highest BCUT2D eigenvalue weighted by molar-refractivity contribution is 7.88. The van der Waals surface area contributed by atoms with Gasteiger partial charge in [0.15, 0.2) is 0 Å². The molecular weight excluding hydrogens is 354 g/mol. The van der Waals surface area contributed by atoms with Crippen LogP contribution in [0.1, 0.15) is 43.0 Å². The van der Waals surface area contributed by atoms with E-state index in [-0.39, 0.29) is 17.6 Å². The SMILES string of the molecule is CC1(C)CC(N(Cc2ccncc2)S(C)(=O)=O)c2cc([N+](=O)[O-])ccc21. The Morgan fingerprint density at radius 2 is 1.92 bits per heavy atom. The molecule has 0 aliphatic heterocycles. The standard InChI is InChI=1S/C18H21N3O4S/c1-18(2)11-17(15-10-14(21(22)23)4-5-16(15)18)20(26(3,24)25)12-13-6-8-19-9-7-13/h4-10,17H,11-12H2,1-3H3. The molecule has 0 saturated carbocycles. The molecule has 1 unspecified atom stereocenters. The van der Waals surface area contributed by atoms with Crippen molar-refractivity contribution < 1.29 is 13.3 Å². The number of nitro groups is 1. The summed E-state index contributed by atoms with van der Waals surface area (Å²) in [5.41, 5.74) is 2.20. The fourth-order valence-corrected chi connectivity index (χ4v) is 4.68. The van der Waals surface area contributed by atoms with Gasteiger partial charge in [0.1, 0.15) is 0 Å². The quantitative estimate of drug-likeness (QED) is 0.591. The van der Waals surface area contributed by atoms with Crippen LogP contribution in [0.5, 0.6) is 0 Å². The van der Waals surface area contributed by atoms with E-state index in [1.54, 1.807) is 30.6 Å². The molecule has 2 aromatic rings. The number of aromatic nitrogens is 1. The van der Waals surface area contributed by atoms with Crippen molar-refractivity contribution in [3.05, 3.63) is 69.5 Å². The average Bonchev–Trinajstić information content (AvgIpc) is 2.83. The number of hydrogen-bond donors (Lipinski definition) is 0. The number of pyridine rings is 1. The van der Waals surface area contributed by atoms with Gasteiger partial charge in [-0.3, -0.25) is 15.1 Å². The number of nitrogens with zero attached hydrogens (tertiary/aromatic N) is 3. The number of nitro benzene ring substituents is 1. The first kappa shape index (κ1) is 18.5. The number of hydrogen-bond acceptors (Lipinski definition) is 5. The van der Waals surface area contributed by atoms with E-state index in [1.165, 1.54) is 22.7 Å². The lowest BCUT2D eigenvalue weighted by atomic mass is 9.86. The summed E-state index contributed by atoms with van der Waals surface area (Å²) in [5.74, 6) is 0. The Morgan fingerprint density at radius 3 is 2.50 bits per heavy atom. The predicted octanol–water partition coefficient (Wildman–Crippen LogP) is 3.17. The second kappa shape index (κ2) is 6.44. The Bertz CT molecular complexity index is 942. The molecule has 1 atom stereocenters. The van der Waals surface area contributed by atoms with Crippen molar-refractivity contribution >= 4 is 15.7 Å². The lowest BCUT2D eigenvalue weighted by molar-refractivity contribution is -0.384. The van der Waals surface area contributed by atoms with Crippen LogP contribution in [0.25, 0.3) is 0 Å². The molecule has 0 spiro atoms. The molecule has 26 heavy (non-hydrogen) atoms. The summed E-state index contributed by atoms with van der Waals surface area (Å²) in [6, 6.07) is 7.85. The summed E-state index contributed by atoms with van der Waals surface area (Å²) >= 11 is 0. The first-order valence-electron chi connectivity index (χ1n) is 8.24. The van der Waals surface area contributed by atoms with Crippen LogP contribution in [0.15, 0.2) is 42.7 Å². The third kappa shape index (κ3) is 3.47. The third-order valence-corrected chi connectivity index (χ3v) is 6.13. The molecule has 0 bridgehead atoms. The van der Waals surface area contributed by atoms with Crippen molar-refractivity contribution in [3.8, 4) is 0 Å². The minimum Gasteiger partial charge on any atom is -0.265 e. The Labute approximate surface area is 152 Å². The molecule has 1 aromatic carbocycles. The van der Waals surface area contributed by atoms with Crippen LogP contribution in [-0.4, -0.2) is 28.9 Å². The van der Waals surface area contributed by atoms with Crippen LogP contribution in [0, 0.1) is 10.1 Å². The molecule has 0 amide bonds. The van der Waals surface area contributed by atoms with Crippen molar-refractivity contribution in [1.82, 2.24) is 9.29 Å². The lowest BCUT2D eigenvalue weighted by Gasteiger charge is -2.28. The lowest BCUT2D eigenvalue weighted by Crippen LogP contribution is -2.33. The molecular formula is C18H21N3O4S. The molecule has 0 fully saturated rings. The molecule has 1 heterocycles. The maximum atomic E-state index is 12.5. The molecule has 1 aliphatic rings. The molecule has 0 N–H and O–H groups in total. The zero-order valence-corrected chi connectivity index (χ0v) is 15.7. The van der Waals surface area contributed by atoms with E-state index in [0.29, 0.717) is 12.0 Å². The average molecular weight is 375 g/mol. The van der Waals surface area contributed by atoms with Crippen molar-refractivity contribution in [2.75, 3.05) is 6.26 Å². The van der Waals surface area contributed by atoms with Crippen LogP contribution in [0.2, 0.25) is 0 Å². The first-order chi connectivity index (χ1) is 12.1. The monoisotopic (exact) mass is 375 g/mol. The van der Waals surface area contributed by atoms with Gasteiger partial charge < -0.3 is 0 Å². The van der Waals surface area contributed by atoms with E-state index in [1.807, 2.05) is 13.8 Å². The second-order valence-corrected chi connectivity index (χ2v) is 9.23. The molecule has 1 aromatic heterocycles. The molecule has 138 valence electrons. The van der Waals surface area contributed by atoms with E-state index in [0.717, 1.165) is 11.1 Å². The van der Waals surface area contributed by atoms with Crippen molar-refractivity contribution in [1.29, 1.82) is 0 Å². The van der Waals surface area contributed by atoms with Gasteiger partial charge in [0.2, 0.25) is 10.0 Å². The van der Waals surface area contributed by atoms with Crippen molar-refractivity contribution in [3.63, 3.8) is 0 Å². The summed E-state index contributed by atoms with van der Waals surface area (Å²) in [7, 11) is -3.53. The summed E-state index contributed by atoms with van der Waals surface area (Å²) in [6.07, 6.45) is 4.98. The summed E-state index contributed by atoms with van der Waals surface area (Å²) in [6.45, 7) is 4.26. The van der Waals surface area contributed by atoms with Gasteiger partial charge in [-0.05, 0) is 40.7 Å². The number of sulfonamides is 1. The van der Waals surface area contributed by atoms with Gasteiger partial charge >= 0.3 is 0 Å². The third-order valence-electron chi connectivity index (χ3n) is 4.90. The maximum absolute atomic E-state index is 12.5. The second-order valence-electron chi connectivity index (χ2n) is 7.30. The predicted molar refractivity (Wildman–Crippen MR) is 98.1 cm³/mol. The summed E-state index contributed by atoms with van der Waals surface area (Å²) in [5, 5.41) is 11.2. The largest absolute Gasteiger partial charge is 0.269 e. The van der Waals surface area contributed by atoms with Gasteiger partial charge in [0.05, 0.1) is 17.2 Å². The topological polar surface area (TPSA) is 93.4 Å². The van der Waals surface area contributed by atoms with E-state index in [2.05, 4.69) is 4.98 Å². The van der Waals surface area contributed by atoms with Gasteiger partial charge in [-0.2, -0.15) is 4.31 Å². The molecule has 0 radical (unpaired) electrons. The minimum atomic E-state index is -3.53. The van der Waals surface area contributed by atoms with Crippen LogP contribution in [0.4, 0.5) is 5.69 Å². The number of fused-ring (bicyclic) bond motifs is 1. The van der Waals surface area contributed by atoms with Crippen LogP contribution in [0.3, 0.4) is 0 Å². The fraction of sp³-hybridized carbons (Fsp3) is 0.389. The van der Waals surface area contributed by atoms with E-state index in [9.17, 15) is 18.5 Å². The molecule has 0 saturated heterocycles. The van der Waals surface area contributed by atoms with Crippen LogP contribution < -0.4 is 0 Å². The van der Waals surface area contributed by atoms with Gasteiger partial charge in [-0.25, -0.2) is 8.42 Å². The van der Waals surface area contributed by atoms with Gasteiger partial charge in [0.25, 0.3) is 5.69 Å². The zero-order chi connectivity index (χ0) is 19.1. The smallest absolute Gasteiger partial charge is 0.265 e. The highest BCUT2D eigenvalue weighted by atomic mass is 32.2. The van der Waals surface area contributed by atoms with Gasteiger partial charge in [0, 0.05) is 31.1 Å². The van der Waals surface area contributed by atoms with E-state index in [4.69, 9.17) is 0 Å². The normalized spacial score (nSPS) is 18.7. The Hall–Kier alpha value is -2.32. The molecule has 3 rings (SSSR count). The summed E-state index contributed by atoms with van der Waals surface area (Å²) < 4.78 is 26.5. The van der Waals surface area contributed by atoms with Gasteiger partial charge in [-0.15, -0.1) is 0 Å². The molecule has 7 nitrogen and oxygen atoms in total. The highest BCUT2D eigenvalue weighted by Gasteiger charge is 2.43. The number of non-ortho nitro benzene ring substituents is 1. The molecule has 1 aliphatic carbocycles. The highest BCUT2D eigenvalue weighted by Crippen LogP contribution is 2.49. The fourth-order valence-electron chi connectivity index (χ4n) is 3.64. The van der Waals surface area contributed by atoms with Gasteiger partial charge in [-0.1, -0.05) is 19.9 Å². The zero-order valence-electron chi connectivity index (χ0n) is 14.9.